The summed E-state index contributed by atoms with van der Waals surface area (Å²) in [5.74, 6) is -0.545. The molecule has 0 saturated heterocycles. The number of nitrogens with one attached hydrogen (secondary N) is 1. The van der Waals surface area contributed by atoms with Gasteiger partial charge in [-0.25, -0.2) is 0 Å². The molecule has 138 valence electrons. The Morgan fingerprint density at radius 1 is 1.32 bits per heavy atom. The first-order valence-electron chi connectivity index (χ1n) is 8.99. The number of ether oxygens (including phenoxy) is 1. The fraction of sp³-hybridized carbons (Fsp3) is 0.550. The standard InChI is InChI=1S/C20H29NO4/c1-21-20-16(11-7-2-3-8-12-19(23)24)18(13-17(20)22)25-14-15-9-5-4-6-10-15/h2,4-7,9-10,16-18,20-22H,3,8,11-14H2,1H3,(H,23,24)/b7-2-/t16-,17+,18-,20+/m1/s1. The average molecular weight is 347 g/mol. The van der Waals surface area contributed by atoms with Crippen LogP contribution in [0, 0.1) is 5.92 Å². The molecule has 0 bridgehead atoms. The maximum absolute atomic E-state index is 10.5. The number of allylic oxidation sites excluding steroid dienone is 2. The lowest BCUT2D eigenvalue weighted by atomic mass is 9.96. The molecule has 1 aromatic rings. The Labute approximate surface area is 149 Å². The summed E-state index contributed by atoms with van der Waals surface area (Å²) in [6.07, 6.45) is 6.80. The van der Waals surface area contributed by atoms with Crippen LogP contribution in [0.5, 0.6) is 0 Å². The molecule has 1 aromatic carbocycles. The number of benzene rings is 1. The Hall–Kier alpha value is -1.69. The third-order valence-electron chi connectivity index (χ3n) is 4.80. The quantitative estimate of drug-likeness (QED) is 0.448. The first-order valence-corrected chi connectivity index (χ1v) is 8.99. The molecule has 2 rings (SSSR count). The largest absolute Gasteiger partial charge is 0.481 e. The fourth-order valence-electron chi connectivity index (χ4n) is 3.49. The first kappa shape index (κ1) is 19.6. The summed E-state index contributed by atoms with van der Waals surface area (Å²) in [5, 5.41) is 22.2. The number of hydrogen-bond acceptors (Lipinski definition) is 4. The van der Waals surface area contributed by atoms with E-state index in [1.54, 1.807) is 0 Å². The molecule has 1 saturated carbocycles. The predicted octanol–water partition coefficient (Wildman–Crippen LogP) is 2.74. The Balaban J connectivity index is 1.86. The van der Waals surface area contributed by atoms with Crippen molar-refractivity contribution in [1.29, 1.82) is 0 Å². The maximum Gasteiger partial charge on any atom is 0.303 e. The molecule has 0 amide bonds. The van der Waals surface area contributed by atoms with Crippen LogP contribution < -0.4 is 5.32 Å². The topological polar surface area (TPSA) is 78.8 Å². The molecule has 1 aliphatic carbocycles. The van der Waals surface area contributed by atoms with Crippen molar-refractivity contribution < 1.29 is 19.7 Å². The number of aliphatic hydroxyl groups is 1. The molecule has 0 unspecified atom stereocenters. The number of unbranched alkanes of at least 4 members (excludes halogenated alkanes) is 1. The van der Waals surface area contributed by atoms with Crippen LogP contribution in [0.25, 0.3) is 0 Å². The lowest BCUT2D eigenvalue weighted by Gasteiger charge is -2.24. The molecule has 1 aliphatic rings. The molecule has 0 heterocycles. The molecular weight excluding hydrogens is 318 g/mol. The van der Waals surface area contributed by atoms with Crippen LogP contribution in [0.1, 0.15) is 37.7 Å². The van der Waals surface area contributed by atoms with Crippen LogP contribution in [0.15, 0.2) is 42.5 Å². The number of aliphatic carboxylic acids is 1. The number of hydrogen-bond donors (Lipinski definition) is 3. The van der Waals surface area contributed by atoms with E-state index >= 15 is 0 Å². The summed E-state index contributed by atoms with van der Waals surface area (Å²) >= 11 is 0. The van der Waals surface area contributed by atoms with Crippen LogP contribution in [0.3, 0.4) is 0 Å². The van der Waals surface area contributed by atoms with Crippen molar-refractivity contribution in [3.8, 4) is 0 Å². The van der Waals surface area contributed by atoms with Crippen molar-refractivity contribution in [2.45, 2.75) is 57.0 Å². The highest BCUT2D eigenvalue weighted by atomic mass is 16.5. The molecule has 0 radical (unpaired) electrons. The molecule has 4 atom stereocenters. The van der Waals surface area contributed by atoms with Gasteiger partial charge in [0.25, 0.3) is 0 Å². The smallest absolute Gasteiger partial charge is 0.303 e. The van der Waals surface area contributed by atoms with Gasteiger partial charge in [0.05, 0.1) is 18.8 Å². The third-order valence-corrected chi connectivity index (χ3v) is 4.80. The Kier molecular flexibility index (Phi) is 8.12. The minimum atomic E-state index is -0.753. The lowest BCUT2D eigenvalue weighted by molar-refractivity contribution is -0.137. The van der Waals surface area contributed by atoms with Gasteiger partial charge in [0.1, 0.15) is 0 Å². The van der Waals surface area contributed by atoms with Crippen molar-refractivity contribution in [3.05, 3.63) is 48.0 Å². The molecule has 5 heteroatoms. The van der Waals surface area contributed by atoms with E-state index in [0.29, 0.717) is 19.4 Å². The fourth-order valence-corrected chi connectivity index (χ4v) is 3.49. The predicted molar refractivity (Wildman–Crippen MR) is 97.2 cm³/mol. The molecule has 0 spiro atoms. The molecule has 3 N–H and O–H groups in total. The number of aliphatic hydroxyl groups excluding tert-OH is 1. The van der Waals surface area contributed by atoms with Crippen molar-refractivity contribution in [2.24, 2.45) is 5.92 Å². The van der Waals surface area contributed by atoms with Crippen LogP contribution >= 0.6 is 0 Å². The van der Waals surface area contributed by atoms with Crippen molar-refractivity contribution in [2.75, 3.05) is 7.05 Å². The third kappa shape index (κ3) is 6.27. The van der Waals surface area contributed by atoms with Gasteiger partial charge in [0, 0.05) is 24.8 Å². The number of carboxylic acids is 1. The monoisotopic (exact) mass is 347 g/mol. The van der Waals surface area contributed by atoms with Crippen LogP contribution in [-0.4, -0.2) is 41.5 Å². The molecule has 5 nitrogen and oxygen atoms in total. The summed E-state index contributed by atoms with van der Waals surface area (Å²) in [4.78, 5) is 10.5. The van der Waals surface area contributed by atoms with E-state index in [0.717, 1.165) is 18.4 Å². The van der Waals surface area contributed by atoms with Crippen LogP contribution in [0.4, 0.5) is 0 Å². The van der Waals surface area contributed by atoms with E-state index < -0.39 is 12.1 Å². The lowest BCUT2D eigenvalue weighted by Crippen LogP contribution is -2.39. The van der Waals surface area contributed by atoms with E-state index in [2.05, 4.69) is 11.4 Å². The van der Waals surface area contributed by atoms with Gasteiger partial charge >= 0.3 is 5.97 Å². The van der Waals surface area contributed by atoms with Gasteiger partial charge in [-0.15, -0.1) is 0 Å². The Morgan fingerprint density at radius 3 is 2.76 bits per heavy atom. The normalized spacial score (nSPS) is 26.3. The van der Waals surface area contributed by atoms with E-state index in [1.807, 2.05) is 43.5 Å². The second kappa shape index (κ2) is 10.3. The summed E-state index contributed by atoms with van der Waals surface area (Å²) < 4.78 is 6.10. The van der Waals surface area contributed by atoms with Crippen molar-refractivity contribution in [3.63, 3.8) is 0 Å². The highest BCUT2D eigenvalue weighted by Gasteiger charge is 2.41. The molecule has 0 aliphatic heterocycles. The summed E-state index contributed by atoms with van der Waals surface area (Å²) in [6.45, 7) is 0.549. The van der Waals surface area contributed by atoms with Gasteiger partial charge in [0.2, 0.25) is 0 Å². The van der Waals surface area contributed by atoms with Crippen molar-refractivity contribution >= 4 is 5.97 Å². The van der Waals surface area contributed by atoms with Gasteiger partial charge in [-0.05, 0) is 31.9 Å². The number of carbonyl (C=O) groups is 1. The van der Waals surface area contributed by atoms with E-state index in [9.17, 15) is 9.90 Å². The SMILES string of the molecule is CN[C@H]1[C@H](C/C=C\CCCC(=O)O)[C@H](OCc2ccccc2)C[C@@H]1O. The van der Waals surface area contributed by atoms with E-state index in [1.165, 1.54) is 0 Å². The van der Waals surface area contributed by atoms with Gasteiger partial charge < -0.3 is 20.3 Å². The van der Waals surface area contributed by atoms with E-state index in [4.69, 9.17) is 9.84 Å². The van der Waals surface area contributed by atoms with Crippen LogP contribution in [-0.2, 0) is 16.1 Å². The molecule has 1 fully saturated rings. The minimum Gasteiger partial charge on any atom is -0.481 e. The summed E-state index contributed by atoms with van der Waals surface area (Å²) in [6, 6.07) is 10.1. The number of rotatable bonds is 10. The minimum absolute atomic E-state index is 0.0105. The zero-order valence-electron chi connectivity index (χ0n) is 14.8. The molecule has 0 aromatic heterocycles. The number of carboxylic acid groups (broad SMARTS) is 1. The van der Waals surface area contributed by atoms with Crippen LogP contribution in [0.2, 0.25) is 0 Å². The number of likely N-dealkylation sites (N-methyl/N-ethyl adjacent to an activating group) is 1. The highest BCUT2D eigenvalue weighted by Crippen LogP contribution is 2.32. The second-order valence-electron chi connectivity index (χ2n) is 6.61. The average Bonchev–Trinajstić information content (AvgIpc) is 2.91. The van der Waals surface area contributed by atoms with Crippen molar-refractivity contribution in [1.82, 2.24) is 5.32 Å². The highest BCUT2D eigenvalue weighted by molar-refractivity contribution is 5.66. The Bertz CT molecular complexity index is 546. The second-order valence-corrected chi connectivity index (χ2v) is 6.61. The zero-order chi connectivity index (χ0) is 18.1. The summed E-state index contributed by atoms with van der Waals surface area (Å²) in [7, 11) is 1.87. The van der Waals surface area contributed by atoms with Gasteiger partial charge in [-0.1, -0.05) is 42.5 Å². The Morgan fingerprint density at radius 2 is 2.08 bits per heavy atom. The van der Waals surface area contributed by atoms with Gasteiger partial charge in [-0.3, -0.25) is 4.79 Å². The first-order chi connectivity index (χ1) is 12.1. The van der Waals surface area contributed by atoms with E-state index in [-0.39, 0.29) is 24.5 Å². The zero-order valence-corrected chi connectivity index (χ0v) is 14.8. The molecule has 25 heavy (non-hydrogen) atoms. The van der Waals surface area contributed by atoms with Gasteiger partial charge in [-0.2, -0.15) is 0 Å². The summed E-state index contributed by atoms with van der Waals surface area (Å²) in [5.41, 5.74) is 1.13. The van der Waals surface area contributed by atoms with Gasteiger partial charge in [0.15, 0.2) is 0 Å². The molecular formula is C20H29NO4. The maximum atomic E-state index is 10.5.